The molecule has 4 nitrogen and oxygen atoms in total. The van der Waals surface area contributed by atoms with Crippen LogP contribution in [0.25, 0.3) is 10.9 Å². The molecule has 23 heavy (non-hydrogen) atoms. The van der Waals surface area contributed by atoms with Crippen molar-refractivity contribution in [1.29, 1.82) is 0 Å². The molecule has 0 amide bonds. The first-order valence-corrected chi connectivity index (χ1v) is 8.82. The molecule has 1 aromatic carbocycles. The zero-order chi connectivity index (χ0) is 16.7. The maximum Gasteiger partial charge on any atom is 0.214 e. The number of aromatic amines is 1. The third-order valence-corrected chi connectivity index (χ3v) is 4.53. The number of aliphatic hydroxyl groups excluding tert-OH is 1. The van der Waals surface area contributed by atoms with Crippen LogP contribution < -0.4 is 15.2 Å². The fourth-order valence-corrected chi connectivity index (χ4v) is 3.11. The lowest BCUT2D eigenvalue weighted by Crippen LogP contribution is -3.12. The predicted octanol–water partition coefficient (Wildman–Crippen LogP) is 1.79. The van der Waals surface area contributed by atoms with Crippen LogP contribution in [0, 0.1) is 0 Å². The molecule has 4 N–H and O–H groups in total. The van der Waals surface area contributed by atoms with E-state index in [0.717, 1.165) is 54.1 Å². The third-order valence-electron chi connectivity index (χ3n) is 4.30. The lowest BCUT2D eigenvalue weighted by atomic mass is 10.1. The van der Waals surface area contributed by atoms with Gasteiger partial charge >= 0.3 is 0 Å². The highest BCUT2D eigenvalue weighted by Gasteiger charge is 2.11. The molecule has 0 radical (unpaired) electrons. The van der Waals surface area contributed by atoms with Gasteiger partial charge in [0.1, 0.15) is 6.54 Å². The van der Waals surface area contributed by atoms with Gasteiger partial charge < -0.3 is 15.3 Å². The van der Waals surface area contributed by atoms with E-state index < -0.39 is 0 Å². The smallest absolute Gasteiger partial charge is 0.214 e. The number of likely N-dealkylation sites (N-methyl/N-ethyl adjacent to an activating group) is 1. The van der Waals surface area contributed by atoms with Crippen molar-refractivity contribution in [3.63, 3.8) is 0 Å². The minimum absolute atomic E-state index is 0.270. The van der Waals surface area contributed by atoms with Gasteiger partial charge in [0, 0.05) is 23.2 Å². The Morgan fingerprint density at radius 2 is 2.13 bits per heavy atom. The number of halogens is 1. The van der Waals surface area contributed by atoms with Gasteiger partial charge in [-0.1, -0.05) is 11.6 Å². The van der Waals surface area contributed by atoms with Crippen LogP contribution in [0.15, 0.2) is 30.5 Å². The second-order valence-electron chi connectivity index (χ2n) is 6.10. The van der Waals surface area contributed by atoms with Gasteiger partial charge in [-0.3, -0.25) is 0 Å². The Morgan fingerprint density at radius 3 is 2.87 bits per heavy atom. The highest BCUT2D eigenvalue weighted by atomic mass is 35.5. The Kier molecular flexibility index (Phi) is 7.09. The average Bonchev–Trinajstić information content (AvgIpc) is 2.54. The van der Waals surface area contributed by atoms with E-state index in [2.05, 4.69) is 30.2 Å². The van der Waals surface area contributed by atoms with E-state index in [9.17, 15) is 0 Å². The lowest BCUT2D eigenvalue weighted by molar-refractivity contribution is -0.898. The Bertz CT molecular complexity index is 620. The van der Waals surface area contributed by atoms with Gasteiger partial charge in [-0.2, -0.15) is 0 Å². The standard InChI is InChI=1S/C18H26ClN3O/c1-3-22(11-12-23)10-4-5-14(2)21-17-8-9-20-18-13-15(19)6-7-16(17)18/h6-9,13-14,23H,3-5,10-12H2,1-2H3,(H,20,21)/p+2/t14-/m1/s1. The lowest BCUT2D eigenvalue weighted by Gasteiger charge is -2.19. The summed E-state index contributed by atoms with van der Waals surface area (Å²) in [6.45, 7) is 7.69. The number of hydrogen-bond acceptors (Lipinski definition) is 2. The average molecular weight is 338 g/mol. The van der Waals surface area contributed by atoms with Crippen LogP contribution >= 0.6 is 11.6 Å². The molecule has 1 unspecified atom stereocenters. The summed E-state index contributed by atoms with van der Waals surface area (Å²) in [6, 6.07) is 8.40. The van der Waals surface area contributed by atoms with Crippen molar-refractivity contribution in [2.75, 3.05) is 31.6 Å². The van der Waals surface area contributed by atoms with Crippen molar-refractivity contribution in [2.45, 2.75) is 32.7 Å². The Hall–Kier alpha value is -1.36. The first-order valence-electron chi connectivity index (χ1n) is 8.45. The number of pyridine rings is 1. The van der Waals surface area contributed by atoms with E-state index in [4.69, 9.17) is 16.7 Å². The highest BCUT2D eigenvalue weighted by Crippen LogP contribution is 2.23. The second kappa shape index (κ2) is 9.06. The summed E-state index contributed by atoms with van der Waals surface area (Å²) in [5, 5.41) is 14.6. The number of H-pyrrole nitrogens is 1. The van der Waals surface area contributed by atoms with Crippen molar-refractivity contribution in [1.82, 2.24) is 0 Å². The molecule has 0 saturated carbocycles. The van der Waals surface area contributed by atoms with E-state index in [1.807, 2.05) is 24.4 Å². The van der Waals surface area contributed by atoms with Crippen molar-refractivity contribution in [3.8, 4) is 0 Å². The van der Waals surface area contributed by atoms with Gasteiger partial charge in [0.25, 0.3) is 0 Å². The van der Waals surface area contributed by atoms with Crippen molar-refractivity contribution < 1.29 is 15.0 Å². The van der Waals surface area contributed by atoms with Crippen LogP contribution in [-0.4, -0.2) is 37.4 Å². The van der Waals surface area contributed by atoms with Gasteiger partial charge in [0.2, 0.25) is 5.52 Å². The number of aromatic nitrogens is 1. The number of fused-ring (bicyclic) bond motifs is 1. The maximum absolute atomic E-state index is 9.05. The molecule has 0 fully saturated rings. The molecule has 0 aliphatic heterocycles. The first kappa shape index (κ1) is 18.0. The van der Waals surface area contributed by atoms with E-state index in [-0.39, 0.29) is 6.61 Å². The van der Waals surface area contributed by atoms with Crippen LogP contribution in [0.5, 0.6) is 0 Å². The largest absolute Gasteiger partial charge is 0.391 e. The zero-order valence-electron chi connectivity index (χ0n) is 14.0. The summed E-state index contributed by atoms with van der Waals surface area (Å²) in [7, 11) is 0. The van der Waals surface area contributed by atoms with E-state index in [1.165, 1.54) is 4.90 Å². The summed E-state index contributed by atoms with van der Waals surface area (Å²) in [5.41, 5.74) is 2.18. The maximum atomic E-state index is 9.05. The fourth-order valence-electron chi connectivity index (χ4n) is 2.93. The first-order chi connectivity index (χ1) is 11.1. The van der Waals surface area contributed by atoms with Crippen LogP contribution in [-0.2, 0) is 0 Å². The van der Waals surface area contributed by atoms with E-state index in [1.54, 1.807) is 0 Å². The molecule has 0 saturated heterocycles. The summed E-state index contributed by atoms with van der Waals surface area (Å²) in [4.78, 5) is 4.70. The monoisotopic (exact) mass is 337 g/mol. The second-order valence-corrected chi connectivity index (χ2v) is 6.53. The number of anilines is 1. The van der Waals surface area contributed by atoms with Gasteiger partial charge in [-0.05, 0) is 38.8 Å². The SMILES string of the molecule is CC[NH+](CCO)CCC[C@@H](C)Nc1cc[nH+]c2cc(Cl)ccc12. The normalized spacial score (nSPS) is 13.9. The van der Waals surface area contributed by atoms with E-state index >= 15 is 0 Å². The Balaban J connectivity index is 1.91. The molecule has 2 atom stereocenters. The predicted molar refractivity (Wildman–Crippen MR) is 96.2 cm³/mol. The van der Waals surface area contributed by atoms with E-state index in [0.29, 0.717) is 6.04 Å². The van der Waals surface area contributed by atoms with Crippen molar-refractivity contribution >= 4 is 28.2 Å². The number of aliphatic hydroxyl groups is 1. The molecule has 0 spiro atoms. The number of hydrogen-bond donors (Lipinski definition) is 3. The highest BCUT2D eigenvalue weighted by molar-refractivity contribution is 6.31. The summed E-state index contributed by atoms with van der Waals surface area (Å²) >= 11 is 6.05. The zero-order valence-corrected chi connectivity index (χ0v) is 14.8. The molecule has 126 valence electrons. The molecule has 1 heterocycles. The molecule has 5 heteroatoms. The molecule has 2 aromatic rings. The summed E-state index contributed by atoms with van der Waals surface area (Å²) in [5.74, 6) is 0. The minimum atomic E-state index is 0.270. The van der Waals surface area contributed by atoms with Gasteiger partial charge in [-0.15, -0.1) is 0 Å². The summed E-state index contributed by atoms with van der Waals surface area (Å²) in [6.07, 6.45) is 4.21. The number of rotatable bonds is 9. The van der Waals surface area contributed by atoms with Crippen LogP contribution in [0.2, 0.25) is 5.02 Å². The van der Waals surface area contributed by atoms with Crippen LogP contribution in [0.1, 0.15) is 26.7 Å². The fraction of sp³-hybridized carbons (Fsp3) is 0.500. The Morgan fingerprint density at radius 1 is 1.30 bits per heavy atom. The number of quaternary nitrogens is 1. The van der Waals surface area contributed by atoms with Gasteiger partial charge in [0.05, 0.1) is 30.8 Å². The topological polar surface area (TPSA) is 50.8 Å². The Labute approximate surface area is 143 Å². The van der Waals surface area contributed by atoms with Crippen LogP contribution in [0.4, 0.5) is 5.69 Å². The molecular formula is C18H28ClN3O+2. The molecule has 0 bridgehead atoms. The molecule has 1 aromatic heterocycles. The summed E-state index contributed by atoms with van der Waals surface area (Å²) < 4.78 is 0. The molecule has 0 aliphatic carbocycles. The van der Waals surface area contributed by atoms with Crippen molar-refractivity contribution in [2.24, 2.45) is 0 Å². The molecule has 0 aliphatic rings. The van der Waals surface area contributed by atoms with Crippen molar-refractivity contribution in [3.05, 3.63) is 35.5 Å². The number of benzene rings is 1. The molecular weight excluding hydrogens is 310 g/mol. The third kappa shape index (κ3) is 5.34. The minimum Gasteiger partial charge on any atom is -0.391 e. The quantitative estimate of drug-likeness (QED) is 0.653. The van der Waals surface area contributed by atoms with Gasteiger partial charge in [0.15, 0.2) is 6.20 Å². The number of nitrogens with one attached hydrogen (secondary N) is 3. The molecule has 2 rings (SSSR count). The van der Waals surface area contributed by atoms with Crippen LogP contribution in [0.3, 0.4) is 0 Å². The van der Waals surface area contributed by atoms with Gasteiger partial charge in [-0.25, -0.2) is 4.98 Å².